The Morgan fingerprint density at radius 2 is 1.73 bits per heavy atom. The highest BCUT2D eigenvalue weighted by molar-refractivity contribution is 7.92. The molecule has 0 aliphatic carbocycles. The molecule has 0 fully saturated rings. The SMILES string of the molecule is N#Cc1cccc(NS(=O)(=O)c2cccc(C(F)(F)F)c2)c1. The van der Waals surface area contributed by atoms with Crippen molar-refractivity contribution in [1.29, 1.82) is 5.26 Å². The van der Waals surface area contributed by atoms with Crippen molar-refractivity contribution in [3.05, 3.63) is 59.7 Å². The molecule has 0 spiro atoms. The predicted molar refractivity (Wildman–Crippen MR) is 73.4 cm³/mol. The number of nitriles is 1. The summed E-state index contributed by atoms with van der Waals surface area (Å²) >= 11 is 0. The van der Waals surface area contributed by atoms with Gasteiger partial charge in [0.25, 0.3) is 10.0 Å². The highest BCUT2D eigenvalue weighted by atomic mass is 32.2. The Balaban J connectivity index is 2.37. The lowest BCUT2D eigenvalue weighted by Gasteiger charge is -2.11. The van der Waals surface area contributed by atoms with Gasteiger partial charge in [-0.25, -0.2) is 8.42 Å². The molecule has 114 valence electrons. The fourth-order valence-electron chi connectivity index (χ4n) is 1.71. The van der Waals surface area contributed by atoms with Crippen LogP contribution in [0.25, 0.3) is 0 Å². The van der Waals surface area contributed by atoms with E-state index in [0.717, 1.165) is 18.2 Å². The first-order valence-electron chi connectivity index (χ1n) is 5.92. The monoisotopic (exact) mass is 326 g/mol. The van der Waals surface area contributed by atoms with Crippen molar-refractivity contribution in [3.63, 3.8) is 0 Å². The van der Waals surface area contributed by atoms with Gasteiger partial charge in [-0.3, -0.25) is 4.72 Å². The second kappa shape index (κ2) is 5.69. The van der Waals surface area contributed by atoms with Crippen LogP contribution in [0.1, 0.15) is 11.1 Å². The van der Waals surface area contributed by atoms with Crippen molar-refractivity contribution in [3.8, 4) is 6.07 Å². The zero-order valence-corrected chi connectivity index (χ0v) is 11.7. The van der Waals surface area contributed by atoms with Crippen LogP contribution >= 0.6 is 0 Å². The average Bonchev–Trinajstić information content (AvgIpc) is 2.46. The highest BCUT2D eigenvalue weighted by Crippen LogP contribution is 2.30. The van der Waals surface area contributed by atoms with Gasteiger partial charge >= 0.3 is 6.18 Å². The Morgan fingerprint density at radius 1 is 1.05 bits per heavy atom. The summed E-state index contributed by atoms with van der Waals surface area (Å²) in [5.41, 5.74) is -0.734. The maximum Gasteiger partial charge on any atom is 0.416 e. The summed E-state index contributed by atoms with van der Waals surface area (Å²) < 4.78 is 64.3. The number of alkyl halides is 3. The molecule has 0 atom stereocenters. The Bertz CT molecular complexity index is 840. The lowest BCUT2D eigenvalue weighted by Crippen LogP contribution is -2.14. The number of anilines is 1. The van der Waals surface area contributed by atoms with E-state index in [9.17, 15) is 21.6 Å². The molecule has 4 nitrogen and oxygen atoms in total. The van der Waals surface area contributed by atoms with Crippen LogP contribution in [0.3, 0.4) is 0 Å². The largest absolute Gasteiger partial charge is 0.416 e. The molecule has 0 aromatic heterocycles. The Hall–Kier alpha value is -2.53. The third-order valence-corrected chi connectivity index (χ3v) is 4.09. The van der Waals surface area contributed by atoms with Crippen molar-refractivity contribution in [2.75, 3.05) is 4.72 Å². The molecular formula is C14H9F3N2O2S. The minimum Gasteiger partial charge on any atom is -0.280 e. The Labute approximate surface area is 124 Å². The third-order valence-electron chi connectivity index (χ3n) is 2.72. The maximum absolute atomic E-state index is 12.6. The van der Waals surface area contributed by atoms with Gasteiger partial charge in [0.2, 0.25) is 0 Å². The van der Waals surface area contributed by atoms with E-state index in [1.54, 1.807) is 0 Å². The summed E-state index contributed by atoms with van der Waals surface area (Å²) in [6.07, 6.45) is -4.63. The van der Waals surface area contributed by atoms with Gasteiger partial charge in [-0.05, 0) is 36.4 Å². The summed E-state index contributed by atoms with van der Waals surface area (Å²) in [4.78, 5) is -0.510. The quantitative estimate of drug-likeness (QED) is 0.940. The van der Waals surface area contributed by atoms with Crippen molar-refractivity contribution >= 4 is 15.7 Å². The number of rotatable bonds is 3. The molecule has 0 saturated carbocycles. The summed E-state index contributed by atoms with van der Waals surface area (Å²) in [5, 5.41) is 8.75. The van der Waals surface area contributed by atoms with Crippen LogP contribution in [0.5, 0.6) is 0 Å². The molecule has 8 heteroatoms. The Morgan fingerprint density at radius 3 is 2.36 bits per heavy atom. The molecule has 2 aromatic rings. The van der Waals surface area contributed by atoms with Crippen LogP contribution in [-0.4, -0.2) is 8.42 Å². The van der Waals surface area contributed by atoms with Gasteiger partial charge in [0.05, 0.1) is 27.8 Å². The van der Waals surface area contributed by atoms with Crippen LogP contribution in [0.2, 0.25) is 0 Å². The number of sulfonamides is 1. The number of hydrogen-bond acceptors (Lipinski definition) is 3. The number of benzene rings is 2. The fourth-order valence-corrected chi connectivity index (χ4v) is 2.80. The molecule has 0 aliphatic heterocycles. The van der Waals surface area contributed by atoms with E-state index in [-0.39, 0.29) is 11.3 Å². The lowest BCUT2D eigenvalue weighted by molar-refractivity contribution is -0.137. The van der Waals surface area contributed by atoms with Crippen molar-refractivity contribution in [2.45, 2.75) is 11.1 Å². The van der Waals surface area contributed by atoms with E-state index >= 15 is 0 Å². The highest BCUT2D eigenvalue weighted by Gasteiger charge is 2.31. The maximum atomic E-state index is 12.6. The van der Waals surface area contributed by atoms with Gasteiger partial charge in [-0.15, -0.1) is 0 Å². The van der Waals surface area contributed by atoms with Gasteiger partial charge in [-0.1, -0.05) is 12.1 Å². The second-order valence-electron chi connectivity index (χ2n) is 4.32. The molecule has 0 amide bonds. The van der Waals surface area contributed by atoms with Crippen molar-refractivity contribution in [2.24, 2.45) is 0 Å². The molecule has 22 heavy (non-hydrogen) atoms. The van der Waals surface area contributed by atoms with E-state index < -0.39 is 26.7 Å². The molecule has 0 saturated heterocycles. The van der Waals surface area contributed by atoms with E-state index in [2.05, 4.69) is 4.72 Å². The first-order chi connectivity index (χ1) is 10.2. The number of nitrogens with one attached hydrogen (secondary N) is 1. The van der Waals surface area contributed by atoms with Crippen LogP contribution in [0.4, 0.5) is 18.9 Å². The van der Waals surface area contributed by atoms with Gasteiger partial charge < -0.3 is 0 Å². The molecule has 1 N–H and O–H groups in total. The van der Waals surface area contributed by atoms with E-state index in [1.165, 1.54) is 24.3 Å². The molecule has 0 heterocycles. The van der Waals surface area contributed by atoms with E-state index in [4.69, 9.17) is 5.26 Å². The topological polar surface area (TPSA) is 70.0 Å². The third kappa shape index (κ3) is 3.56. The van der Waals surface area contributed by atoms with Crippen LogP contribution in [0.15, 0.2) is 53.4 Å². The van der Waals surface area contributed by atoms with Crippen LogP contribution in [-0.2, 0) is 16.2 Å². The summed E-state index contributed by atoms with van der Waals surface area (Å²) in [5.74, 6) is 0. The standard InChI is InChI=1S/C14H9F3N2O2S/c15-14(16,17)11-4-2-6-13(8-11)22(20,21)19-12-5-1-3-10(7-12)9-18/h1-8,19H. The zero-order chi connectivity index (χ0) is 16.4. The van der Waals surface area contributed by atoms with Gasteiger partial charge in [0, 0.05) is 0 Å². The summed E-state index contributed by atoms with van der Waals surface area (Å²) in [6, 6.07) is 10.9. The molecule has 0 aliphatic rings. The molecule has 0 bridgehead atoms. The number of hydrogen-bond donors (Lipinski definition) is 1. The van der Waals surface area contributed by atoms with Gasteiger partial charge in [-0.2, -0.15) is 18.4 Å². The first kappa shape index (κ1) is 15.9. The van der Waals surface area contributed by atoms with Gasteiger partial charge in [0.1, 0.15) is 0 Å². The fraction of sp³-hybridized carbons (Fsp3) is 0.0714. The molecule has 2 aromatic carbocycles. The minimum atomic E-state index is -4.63. The second-order valence-corrected chi connectivity index (χ2v) is 6.01. The predicted octanol–water partition coefficient (Wildman–Crippen LogP) is 3.38. The van der Waals surface area contributed by atoms with Crippen LogP contribution < -0.4 is 4.72 Å². The summed E-state index contributed by atoms with van der Waals surface area (Å²) in [7, 11) is -4.18. The lowest BCUT2D eigenvalue weighted by atomic mass is 10.2. The smallest absolute Gasteiger partial charge is 0.280 e. The van der Waals surface area contributed by atoms with E-state index in [1.807, 2.05) is 6.07 Å². The molecule has 0 unspecified atom stereocenters. The van der Waals surface area contributed by atoms with Crippen molar-refractivity contribution in [1.82, 2.24) is 0 Å². The normalized spacial score (nSPS) is 11.7. The van der Waals surface area contributed by atoms with E-state index in [0.29, 0.717) is 6.07 Å². The molecule has 0 radical (unpaired) electrons. The number of nitrogens with zero attached hydrogens (tertiary/aromatic N) is 1. The zero-order valence-electron chi connectivity index (χ0n) is 10.9. The minimum absolute atomic E-state index is 0.0939. The summed E-state index contributed by atoms with van der Waals surface area (Å²) in [6.45, 7) is 0. The molecular weight excluding hydrogens is 317 g/mol. The molecule has 2 rings (SSSR count). The van der Waals surface area contributed by atoms with Crippen LogP contribution in [0, 0.1) is 11.3 Å². The average molecular weight is 326 g/mol. The number of halogens is 3. The Kier molecular flexibility index (Phi) is 4.10. The van der Waals surface area contributed by atoms with Gasteiger partial charge in [0.15, 0.2) is 0 Å². The van der Waals surface area contributed by atoms with Crippen molar-refractivity contribution < 1.29 is 21.6 Å². The first-order valence-corrected chi connectivity index (χ1v) is 7.41.